The van der Waals surface area contributed by atoms with Gasteiger partial charge in [-0.3, -0.25) is 0 Å². The van der Waals surface area contributed by atoms with Gasteiger partial charge in [0, 0.05) is 25.1 Å². The van der Waals surface area contributed by atoms with Crippen LogP contribution in [-0.4, -0.2) is 34.2 Å². The Balaban J connectivity index is 2.05. The van der Waals surface area contributed by atoms with E-state index in [0.29, 0.717) is 5.15 Å². The Morgan fingerprint density at radius 3 is 3.11 bits per heavy atom. The highest BCUT2D eigenvalue weighted by Gasteiger charge is 2.40. The molecule has 1 saturated heterocycles. The van der Waals surface area contributed by atoms with Crippen molar-refractivity contribution in [2.24, 2.45) is 0 Å². The van der Waals surface area contributed by atoms with E-state index in [9.17, 15) is 4.79 Å². The van der Waals surface area contributed by atoms with Crippen molar-refractivity contribution < 1.29 is 4.79 Å². The Morgan fingerprint density at radius 1 is 1.50 bits per heavy atom. The molecule has 2 aliphatic rings. The van der Waals surface area contributed by atoms with Gasteiger partial charge in [-0.15, -0.1) is 5.10 Å². The molecule has 2 aliphatic heterocycles. The number of rotatable bonds is 0. The molecule has 1 aromatic rings. The summed E-state index contributed by atoms with van der Waals surface area (Å²) < 4.78 is 0. The van der Waals surface area contributed by atoms with E-state index in [4.69, 9.17) is 11.6 Å². The smallest absolute Gasteiger partial charge is 0.317 e. The third-order valence-corrected chi connectivity index (χ3v) is 4.04. The Bertz CT molecular complexity index is 493. The summed E-state index contributed by atoms with van der Waals surface area (Å²) in [6.07, 6.45) is 3.93. The van der Waals surface area contributed by atoms with Crippen LogP contribution in [-0.2, 0) is 6.42 Å². The predicted molar refractivity (Wildman–Crippen MR) is 67.4 cm³/mol. The molecule has 1 fully saturated rings. The average Bonchev–Trinajstić information content (AvgIpc) is 2.38. The van der Waals surface area contributed by atoms with Gasteiger partial charge < -0.3 is 10.2 Å². The number of amides is 2. The van der Waals surface area contributed by atoms with E-state index in [2.05, 4.69) is 15.5 Å². The van der Waals surface area contributed by atoms with Crippen molar-refractivity contribution in [3.8, 4) is 0 Å². The summed E-state index contributed by atoms with van der Waals surface area (Å²) in [6.45, 7) is 0. The highest BCUT2D eigenvalue weighted by molar-refractivity contribution is 6.29. The van der Waals surface area contributed by atoms with E-state index in [1.807, 2.05) is 11.0 Å². The molecule has 2 amide bonds. The van der Waals surface area contributed by atoms with E-state index in [1.165, 1.54) is 0 Å². The summed E-state index contributed by atoms with van der Waals surface area (Å²) in [4.78, 5) is 14.0. The topological polar surface area (TPSA) is 58.1 Å². The maximum Gasteiger partial charge on any atom is 0.317 e. The maximum absolute atomic E-state index is 12.0. The van der Waals surface area contributed by atoms with Gasteiger partial charge in [-0.2, -0.15) is 5.10 Å². The number of nitrogens with one attached hydrogen (secondary N) is 1. The predicted octanol–water partition coefficient (Wildman–Crippen LogP) is 1.92. The van der Waals surface area contributed by atoms with Gasteiger partial charge in [-0.05, 0) is 25.3 Å². The maximum atomic E-state index is 12.0. The lowest BCUT2D eigenvalue weighted by atomic mass is 9.83. The summed E-state index contributed by atoms with van der Waals surface area (Å²) >= 11 is 5.92. The van der Waals surface area contributed by atoms with E-state index >= 15 is 0 Å². The molecular formula is C12H15ClN4O. The lowest BCUT2D eigenvalue weighted by Gasteiger charge is -2.45. The molecule has 6 heteroatoms. The second-order valence-corrected chi connectivity index (χ2v) is 5.22. The van der Waals surface area contributed by atoms with Crippen molar-refractivity contribution in [2.45, 2.75) is 37.8 Å². The van der Waals surface area contributed by atoms with E-state index in [-0.39, 0.29) is 18.1 Å². The molecule has 0 aromatic carbocycles. The molecule has 2 bridgehead atoms. The van der Waals surface area contributed by atoms with Gasteiger partial charge in [0.25, 0.3) is 0 Å². The quantitative estimate of drug-likeness (QED) is 0.781. The number of fused-ring (bicyclic) bond motifs is 4. The third kappa shape index (κ3) is 1.73. The molecular weight excluding hydrogens is 252 g/mol. The Hall–Kier alpha value is -1.36. The Labute approximate surface area is 111 Å². The minimum Gasteiger partial charge on any atom is -0.341 e. The van der Waals surface area contributed by atoms with Crippen LogP contribution in [0.15, 0.2) is 6.07 Å². The largest absolute Gasteiger partial charge is 0.341 e. The summed E-state index contributed by atoms with van der Waals surface area (Å²) in [5.41, 5.74) is 2.06. The van der Waals surface area contributed by atoms with Crippen molar-refractivity contribution in [2.75, 3.05) is 7.05 Å². The van der Waals surface area contributed by atoms with Crippen LogP contribution in [0.5, 0.6) is 0 Å². The molecule has 0 radical (unpaired) electrons. The zero-order valence-electron chi connectivity index (χ0n) is 10.2. The Kier molecular flexibility index (Phi) is 2.86. The van der Waals surface area contributed by atoms with Crippen LogP contribution in [0.3, 0.4) is 0 Å². The van der Waals surface area contributed by atoms with Crippen molar-refractivity contribution in [1.29, 1.82) is 0 Å². The van der Waals surface area contributed by atoms with Crippen LogP contribution in [0, 0.1) is 0 Å². The first-order valence-electron chi connectivity index (χ1n) is 6.22. The van der Waals surface area contributed by atoms with E-state index in [0.717, 1.165) is 36.9 Å². The van der Waals surface area contributed by atoms with Crippen LogP contribution < -0.4 is 5.32 Å². The fourth-order valence-corrected chi connectivity index (χ4v) is 3.25. The molecule has 0 spiro atoms. The number of hydrogen-bond acceptors (Lipinski definition) is 3. The number of halogens is 1. The number of carbonyl (C=O) groups excluding carboxylic acids is 1. The first-order chi connectivity index (χ1) is 8.70. The first-order valence-corrected chi connectivity index (χ1v) is 6.60. The molecule has 0 saturated carbocycles. The molecule has 1 aromatic heterocycles. The van der Waals surface area contributed by atoms with E-state index in [1.54, 1.807) is 7.05 Å². The van der Waals surface area contributed by atoms with E-state index < -0.39 is 0 Å². The van der Waals surface area contributed by atoms with Gasteiger partial charge in [0.15, 0.2) is 5.15 Å². The molecule has 0 aliphatic carbocycles. The van der Waals surface area contributed by atoms with Crippen LogP contribution >= 0.6 is 11.6 Å². The number of urea groups is 1. The molecule has 18 heavy (non-hydrogen) atoms. The zero-order chi connectivity index (χ0) is 12.7. The second-order valence-electron chi connectivity index (χ2n) is 4.84. The third-order valence-electron chi connectivity index (χ3n) is 3.85. The SMILES string of the molecule is CNC(=O)N1C2CCCC1c1cc(Cl)nnc1C2. The number of piperidine rings is 1. The van der Waals surface area contributed by atoms with Gasteiger partial charge in [0.1, 0.15) is 0 Å². The molecule has 3 heterocycles. The standard InChI is InChI=1S/C12H15ClN4O/c1-14-12(18)17-7-3-2-4-10(17)8-6-11(13)16-15-9(8)5-7/h6-7,10H,2-5H2,1H3,(H,14,18). The number of carbonyl (C=O) groups is 1. The molecule has 2 unspecified atom stereocenters. The fourth-order valence-electron chi connectivity index (χ4n) is 3.10. The first kappa shape index (κ1) is 11.7. The summed E-state index contributed by atoms with van der Waals surface area (Å²) in [5.74, 6) is 0. The monoisotopic (exact) mass is 266 g/mol. The molecule has 5 nitrogen and oxygen atoms in total. The normalized spacial score (nSPS) is 25.6. The molecule has 3 rings (SSSR count). The summed E-state index contributed by atoms with van der Waals surface area (Å²) in [7, 11) is 1.67. The van der Waals surface area contributed by atoms with Crippen LogP contribution in [0.4, 0.5) is 4.79 Å². The minimum atomic E-state index is -0.0108. The van der Waals surface area contributed by atoms with Crippen LogP contribution in [0.25, 0.3) is 0 Å². The van der Waals surface area contributed by atoms with Gasteiger partial charge >= 0.3 is 6.03 Å². The van der Waals surface area contributed by atoms with Gasteiger partial charge in [-0.25, -0.2) is 4.79 Å². The van der Waals surface area contributed by atoms with Crippen molar-refractivity contribution >= 4 is 17.6 Å². The average molecular weight is 267 g/mol. The minimum absolute atomic E-state index is 0.0108. The van der Waals surface area contributed by atoms with Crippen molar-refractivity contribution in [3.63, 3.8) is 0 Å². The van der Waals surface area contributed by atoms with Gasteiger partial charge in [0.2, 0.25) is 0 Å². The van der Waals surface area contributed by atoms with Crippen LogP contribution in [0.2, 0.25) is 5.15 Å². The summed E-state index contributed by atoms with van der Waals surface area (Å²) in [5, 5.41) is 11.2. The van der Waals surface area contributed by atoms with Gasteiger partial charge in [0.05, 0.1) is 11.7 Å². The zero-order valence-corrected chi connectivity index (χ0v) is 10.9. The van der Waals surface area contributed by atoms with Crippen LogP contribution in [0.1, 0.15) is 36.6 Å². The van der Waals surface area contributed by atoms with Crippen molar-refractivity contribution in [1.82, 2.24) is 20.4 Å². The number of aromatic nitrogens is 2. The highest BCUT2D eigenvalue weighted by atomic mass is 35.5. The lowest BCUT2D eigenvalue weighted by molar-refractivity contribution is 0.0962. The number of hydrogen-bond donors (Lipinski definition) is 1. The second kappa shape index (κ2) is 4.39. The highest BCUT2D eigenvalue weighted by Crippen LogP contribution is 2.41. The van der Waals surface area contributed by atoms with Gasteiger partial charge in [-0.1, -0.05) is 11.6 Å². The molecule has 96 valence electrons. The number of nitrogens with zero attached hydrogens (tertiary/aromatic N) is 3. The fraction of sp³-hybridized carbons (Fsp3) is 0.583. The summed E-state index contributed by atoms with van der Waals surface area (Å²) in [6, 6.07) is 2.18. The Morgan fingerprint density at radius 2 is 2.33 bits per heavy atom. The lowest BCUT2D eigenvalue weighted by Crippen LogP contribution is -2.53. The van der Waals surface area contributed by atoms with Crippen molar-refractivity contribution in [3.05, 3.63) is 22.5 Å². The molecule has 1 N–H and O–H groups in total. The molecule has 2 atom stereocenters.